The van der Waals surface area contributed by atoms with E-state index in [2.05, 4.69) is 24.8 Å². The molecule has 1 aromatic carbocycles. The van der Waals surface area contributed by atoms with Gasteiger partial charge in [0.1, 0.15) is 11.3 Å². The highest BCUT2D eigenvalue weighted by Gasteiger charge is 2.20. The highest BCUT2D eigenvalue weighted by atomic mass is 19.1. The average molecular weight is 523 g/mol. The van der Waals surface area contributed by atoms with Crippen molar-refractivity contribution < 1.29 is 13.9 Å². The molecule has 0 bridgehead atoms. The summed E-state index contributed by atoms with van der Waals surface area (Å²) >= 11 is 0. The maximum absolute atomic E-state index is 15.1. The number of morpholine rings is 1. The van der Waals surface area contributed by atoms with E-state index >= 15 is 4.39 Å². The van der Waals surface area contributed by atoms with E-state index in [0.29, 0.717) is 76.8 Å². The van der Waals surface area contributed by atoms with Crippen molar-refractivity contribution in [3.63, 3.8) is 0 Å². The number of pyridine rings is 2. The summed E-state index contributed by atoms with van der Waals surface area (Å²) in [6.07, 6.45) is 7.98. The standard InChI is InChI=1S/C28H23FN8O2/c29-22-4-3-17(11-24(38)18-2-1-5-31-13-18)10-21(22)19-12-23-25(32-14-19)27(37-6-8-39-9-7-37)36-26(35-23)20-15-33-28(30)34-16-20/h1-5,10,12-16H,6-9,11H2,(H2,30,33,34). The van der Waals surface area contributed by atoms with E-state index in [9.17, 15) is 4.79 Å². The lowest BCUT2D eigenvalue weighted by Crippen LogP contribution is -2.37. The van der Waals surface area contributed by atoms with Crippen molar-refractivity contribution in [2.45, 2.75) is 6.42 Å². The number of nitrogens with two attached hydrogens (primary N) is 1. The van der Waals surface area contributed by atoms with E-state index < -0.39 is 5.82 Å². The van der Waals surface area contributed by atoms with Crippen molar-refractivity contribution in [2.75, 3.05) is 36.9 Å². The van der Waals surface area contributed by atoms with Crippen LogP contribution in [0.2, 0.25) is 0 Å². The first-order valence-corrected chi connectivity index (χ1v) is 12.4. The van der Waals surface area contributed by atoms with Gasteiger partial charge in [0.15, 0.2) is 17.4 Å². The highest BCUT2D eigenvalue weighted by molar-refractivity contribution is 5.97. The Morgan fingerprint density at radius 2 is 1.77 bits per heavy atom. The number of carbonyl (C=O) groups excluding carboxylic acids is 1. The summed E-state index contributed by atoms with van der Waals surface area (Å²) < 4.78 is 20.6. The number of ketones is 1. The van der Waals surface area contributed by atoms with E-state index in [-0.39, 0.29) is 18.2 Å². The zero-order valence-corrected chi connectivity index (χ0v) is 20.8. The molecule has 0 spiro atoms. The molecule has 0 radical (unpaired) electrons. The van der Waals surface area contributed by atoms with Crippen LogP contribution in [-0.2, 0) is 11.2 Å². The van der Waals surface area contributed by atoms with Crippen LogP contribution in [0.5, 0.6) is 0 Å². The number of nitrogen functional groups attached to an aromatic ring is 1. The smallest absolute Gasteiger partial charge is 0.219 e. The van der Waals surface area contributed by atoms with Crippen LogP contribution in [0.1, 0.15) is 15.9 Å². The van der Waals surface area contributed by atoms with Gasteiger partial charge in [-0.2, -0.15) is 0 Å². The minimum Gasteiger partial charge on any atom is -0.378 e. The topological polar surface area (TPSA) is 133 Å². The maximum Gasteiger partial charge on any atom is 0.219 e. The summed E-state index contributed by atoms with van der Waals surface area (Å²) in [6.45, 7) is 2.43. The molecule has 10 nitrogen and oxygen atoms in total. The number of carbonyl (C=O) groups is 1. The number of halogens is 1. The van der Waals surface area contributed by atoms with Gasteiger partial charge in [-0.25, -0.2) is 24.3 Å². The van der Waals surface area contributed by atoms with E-state index in [1.54, 1.807) is 55.1 Å². The fraction of sp³-hybridized carbons (Fsp3) is 0.179. The van der Waals surface area contributed by atoms with Crippen LogP contribution >= 0.6 is 0 Å². The van der Waals surface area contributed by atoms with E-state index in [4.69, 9.17) is 20.4 Å². The molecule has 5 heterocycles. The third-order valence-corrected chi connectivity index (χ3v) is 6.45. The Balaban J connectivity index is 1.42. The van der Waals surface area contributed by atoms with E-state index in [0.717, 1.165) is 0 Å². The number of benzene rings is 1. The van der Waals surface area contributed by atoms with Crippen LogP contribution in [0.25, 0.3) is 33.5 Å². The summed E-state index contributed by atoms with van der Waals surface area (Å²) in [4.78, 5) is 41.1. The lowest BCUT2D eigenvalue weighted by Gasteiger charge is -2.28. The Bertz CT molecular complexity index is 1660. The Kier molecular flexibility index (Phi) is 6.55. The molecule has 11 heteroatoms. The summed E-state index contributed by atoms with van der Waals surface area (Å²) in [5.41, 5.74) is 9.41. The Hall–Kier alpha value is -4.90. The quantitative estimate of drug-likeness (QED) is 0.330. The summed E-state index contributed by atoms with van der Waals surface area (Å²) in [6, 6.07) is 9.84. The number of rotatable bonds is 6. The van der Waals surface area contributed by atoms with Crippen molar-refractivity contribution in [3.05, 3.63) is 84.3 Å². The molecular weight excluding hydrogens is 499 g/mol. The molecule has 1 aliphatic rings. The Labute approximate surface area is 222 Å². The van der Waals surface area contributed by atoms with Crippen molar-refractivity contribution >= 4 is 28.6 Å². The molecule has 1 fully saturated rings. The molecule has 5 aromatic rings. The molecule has 194 valence electrons. The molecule has 1 aliphatic heterocycles. The van der Waals surface area contributed by atoms with Crippen LogP contribution < -0.4 is 10.6 Å². The number of nitrogens with zero attached hydrogens (tertiary/aromatic N) is 7. The molecule has 0 amide bonds. The van der Waals surface area contributed by atoms with Gasteiger partial charge in [0.05, 0.1) is 24.3 Å². The first-order valence-electron chi connectivity index (χ1n) is 12.4. The summed E-state index contributed by atoms with van der Waals surface area (Å²) in [5.74, 6) is 0.672. The number of aromatic nitrogens is 6. The van der Waals surface area contributed by atoms with Gasteiger partial charge in [-0.15, -0.1) is 0 Å². The van der Waals surface area contributed by atoms with Crippen LogP contribution in [0.3, 0.4) is 0 Å². The van der Waals surface area contributed by atoms with Crippen LogP contribution in [0.4, 0.5) is 16.2 Å². The molecule has 1 saturated heterocycles. The average Bonchev–Trinajstić information content (AvgIpc) is 2.98. The normalized spacial score (nSPS) is 13.5. The Morgan fingerprint density at radius 3 is 2.54 bits per heavy atom. The van der Waals surface area contributed by atoms with Crippen molar-refractivity contribution in [3.8, 4) is 22.5 Å². The third-order valence-electron chi connectivity index (χ3n) is 6.45. The van der Waals surface area contributed by atoms with Crippen molar-refractivity contribution in [2.24, 2.45) is 0 Å². The number of hydrogen-bond acceptors (Lipinski definition) is 10. The molecule has 39 heavy (non-hydrogen) atoms. The second-order valence-electron chi connectivity index (χ2n) is 9.05. The lowest BCUT2D eigenvalue weighted by molar-refractivity contribution is 0.0992. The fourth-order valence-corrected chi connectivity index (χ4v) is 4.45. The molecule has 4 aromatic heterocycles. The predicted molar refractivity (Wildman–Crippen MR) is 143 cm³/mol. The van der Waals surface area contributed by atoms with Crippen LogP contribution in [0, 0.1) is 5.82 Å². The van der Waals surface area contributed by atoms with Gasteiger partial charge in [0.2, 0.25) is 5.95 Å². The summed E-state index contributed by atoms with van der Waals surface area (Å²) in [5, 5.41) is 0. The number of ether oxygens (including phenoxy) is 1. The molecule has 0 atom stereocenters. The molecule has 0 unspecified atom stereocenters. The van der Waals surface area contributed by atoms with Gasteiger partial charge in [0.25, 0.3) is 0 Å². The van der Waals surface area contributed by atoms with E-state index in [1.165, 1.54) is 12.3 Å². The number of Topliss-reactive ketones (excluding diaryl/α,β-unsaturated/α-hetero) is 1. The SMILES string of the molecule is Nc1ncc(-c2nc(N3CCOCC3)c3ncc(-c4cc(CC(=O)c5cccnc5)ccc4F)cc3n2)cn1. The van der Waals surface area contributed by atoms with Gasteiger partial charge >= 0.3 is 0 Å². The van der Waals surface area contributed by atoms with E-state index in [1.807, 2.05) is 0 Å². The summed E-state index contributed by atoms with van der Waals surface area (Å²) in [7, 11) is 0. The third kappa shape index (κ3) is 5.12. The second-order valence-corrected chi connectivity index (χ2v) is 9.05. The molecule has 2 N–H and O–H groups in total. The number of fused-ring (bicyclic) bond motifs is 1. The molecule has 0 aliphatic carbocycles. The van der Waals surface area contributed by atoms with Crippen molar-refractivity contribution in [1.29, 1.82) is 0 Å². The van der Waals surface area contributed by atoms with Crippen molar-refractivity contribution in [1.82, 2.24) is 29.9 Å². The zero-order chi connectivity index (χ0) is 26.8. The monoisotopic (exact) mass is 522 g/mol. The predicted octanol–water partition coefficient (Wildman–Crippen LogP) is 3.53. The highest BCUT2D eigenvalue weighted by Crippen LogP contribution is 2.31. The number of hydrogen-bond donors (Lipinski definition) is 1. The Morgan fingerprint density at radius 1 is 0.974 bits per heavy atom. The first-order chi connectivity index (χ1) is 19.0. The van der Waals surface area contributed by atoms with Crippen LogP contribution in [0.15, 0.2) is 67.4 Å². The fourth-order valence-electron chi connectivity index (χ4n) is 4.45. The maximum atomic E-state index is 15.1. The first kappa shape index (κ1) is 24.4. The number of anilines is 2. The lowest BCUT2D eigenvalue weighted by atomic mass is 9.99. The van der Waals surface area contributed by atoms with Gasteiger partial charge in [0, 0.05) is 67.2 Å². The largest absolute Gasteiger partial charge is 0.378 e. The minimum absolute atomic E-state index is 0.101. The van der Waals surface area contributed by atoms with Gasteiger partial charge in [-0.1, -0.05) is 6.07 Å². The van der Waals surface area contributed by atoms with Gasteiger partial charge in [-0.05, 0) is 35.9 Å². The van der Waals surface area contributed by atoms with Gasteiger partial charge < -0.3 is 15.4 Å². The van der Waals surface area contributed by atoms with Gasteiger partial charge in [-0.3, -0.25) is 14.8 Å². The van der Waals surface area contributed by atoms with Crippen LogP contribution in [-0.4, -0.2) is 62.0 Å². The zero-order valence-electron chi connectivity index (χ0n) is 20.8. The minimum atomic E-state index is -0.427. The molecule has 6 rings (SSSR count). The molecular formula is C28H23FN8O2. The molecule has 0 saturated carbocycles. The second kappa shape index (κ2) is 10.5.